The second kappa shape index (κ2) is 9.12. The molecule has 0 aliphatic carbocycles. The normalized spacial score (nSPS) is 15.1. The number of pyridine rings is 2. The van der Waals surface area contributed by atoms with Crippen molar-refractivity contribution in [1.29, 1.82) is 0 Å². The molecule has 1 aromatic carbocycles. The molecule has 3 aromatic rings. The van der Waals surface area contributed by atoms with Gasteiger partial charge in [-0.05, 0) is 50.2 Å². The number of nitrogen functional groups attached to an aromatic ring is 1. The van der Waals surface area contributed by atoms with E-state index in [4.69, 9.17) is 10.7 Å². The zero-order valence-corrected chi connectivity index (χ0v) is 19.4. The van der Waals surface area contributed by atoms with Crippen LogP contribution in [0.2, 0.25) is 0 Å². The van der Waals surface area contributed by atoms with Gasteiger partial charge in [-0.1, -0.05) is 18.2 Å². The monoisotopic (exact) mass is 432 g/mol. The zero-order chi connectivity index (χ0) is 22.8. The molecule has 1 amide bonds. The molecule has 1 saturated heterocycles. The third-order valence-electron chi connectivity index (χ3n) is 6.19. The molecule has 4 rings (SSSR count). The third-order valence-corrected chi connectivity index (χ3v) is 6.19. The van der Waals surface area contributed by atoms with Gasteiger partial charge in [0.1, 0.15) is 11.6 Å². The molecule has 0 radical (unpaired) electrons. The molecule has 1 fully saturated rings. The molecule has 7 heteroatoms. The Morgan fingerprint density at radius 1 is 1.06 bits per heavy atom. The fraction of sp³-hybridized carbons (Fsp3) is 0.400. The summed E-state index contributed by atoms with van der Waals surface area (Å²) in [6.45, 7) is 2.86. The van der Waals surface area contributed by atoms with Crippen LogP contribution < -0.4 is 10.6 Å². The number of nitrogens with two attached hydrogens (primary N) is 1. The Morgan fingerprint density at radius 2 is 1.78 bits per heavy atom. The van der Waals surface area contributed by atoms with Crippen LogP contribution in [0.25, 0.3) is 10.9 Å². The largest absolute Gasteiger partial charge is 0.383 e. The first-order chi connectivity index (χ1) is 15.3. The average Bonchev–Trinajstić information content (AvgIpc) is 2.78. The van der Waals surface area contributed by atoms with E-state index < -0.39 is 0 Å². The van der Waals surface area contributed by atoms with E-state index in [0.29, 0.717) is 17.3 Å². The number of carbonyl (C=O) groups is 1. The highest BCUT2D eigenvalue weighted by molar-refractivity contribution is 5.98. The maximum Gasteiger partial charge on any atom is 0.257 e. The predicted molar refractivity (Wildman–Crippen MR) is 130 cm³/mol. The number of hydrogen-bond acceptors (Lipinski definition) is 6. The van der Waals surface area contributed by atoms with E-state index in [9.17, 15) is 4.79 Å². The molecule has 0 saturated carbocycles. The highest BCUT2D eigenvalue weighted by Crippen LogP contribution is 2.30. The van der Waals surface area contributed by atoms with Crippen molar-refractivity contribution < 1.29 is 4.79 Å². The lowest BCUT2D eigenvalue weighted by molar-refractivity contribution is 0.0828. The van der Waals surface area contributed by atoms with Gasteiger partial charge in [-0.25, -0.2) is 9.97 Å². The Balaban J connectivity index is 1.45. The highest BCUT2D eigenvalue weighted by Gasteiger charge is 2.24. The summed E-state index contributed by atoms with van der Waals surface area (Å²) >= 11 is 0. The van der Waals surface area contributed by atoms with Gasteiger partial charge in [-0.2, -0.15) is 0 Å². The molecular formula is C25H32N6O. The van der Waals surface area contributed by atoms with Crippen LogP contribution in [-0.4, -0.2) is 67.0 Å². The zero-order valence-electron chi connectivity index (χ0n) is 19.4. The molecule has 168 valence electrons. The second-order valence-electron chi connectivity index (χ2n) is 8.98. The number of amides is 1. The molecule has 3 heterocycles. The number of hydrogen-bond donors (Lipinski definition) is 1. The maximum atomic E-state index is 12.2. The fourth-order valence-corrected chi connectivity index (χ4v) is 4.42. The Morgan fingerprint density at radius 3 is 2.44 bits per heavy atom. The van der Waals surface area contributed by atoms with Crippen molar-refractivity contribution in [2.24, 2.45) is 0 Å². The molecule has 7 nitrogen and oxygen atoms in total. The van der Waals surface area contributed by atoms with Gasteiger partial charge in [-0.3, -0.25) is 9.69 Å². The van der Waals surface area contributed by atoms with Gasteiger partial charge < -0.3 is 15.5 Å². The SMILES string of the molecule is CN(C)C(=O)c1ccc(C2CCN(Cc3cc4ccccc4nc3N(C)C)CC2)nc1N. The van der Waals surface area contributed by atoms with E-state index >= 15 is 0 Å². The fourth-order valence-electron chi connectivity index (χ4n) is 4.42. The highest BCUT2D eigenvalue weighted by atomic mass is 16.2. The van der Waals surface area contributed by atoms with E-state index in [-0.39, 0.29) is 5.91 Å². The van der Waals surface area contributed by atoms with Crippen LogP contribution in [0, 0.1) is 0 Å². The van der Waals surface area contributed by atoms with Gasteiger partial charge in [0.05, 0.1) is 11.1 Å². The van der Waals surface area contributed by atoms with Crippen molar-refractivity contribution in [2.75, 3.05) is 51.9 Å². The number of benzene rings is 1. The van der Waals surface area contributed by atoms with Gasteiger partial charge in [0, 0.05) is 57.3 Å². The van der Waals surface area contributed by atoms with E-state index in [2.05, 4.69) is 39.0 Å². The molecule has 1 aliphatic rings. The molecule has 32 heavy (non-hydrogen) atoms. The van der Waals surface area contributed by atoms with Crippen molar-refractivity contribution >= 4 is 28.4 Å². The van der Waals surface area contributed by atoms with Crippen LogP contribution in [0.5, 0.6) is 0 Å². The molecule has 0 spiro atoms. The van der Waals surface area contributed by atoms with Crippen LogP contribution in [-0.2, 0) is 6.54 Å². The van der Waals surface area contributed by atoms with Crippen molar-refractivity contribution in [2.45, 2.75) is 25.3 Å². The van der Waals surface area contributed by atoms with Gasteiger partial charge in [-0.15, -0.1) is 0 Å². The summed E-state index contributed by atoms with van der Waals surface area (Å²) in [6.07, 6.45) is 2.04. The topological polar surface area (TPSA) is 78.6 Å². The average molecular weight is 433 g/mol. The summed E-state index contributed by atoms with van der Waals surface area (Å²) in [5, 5.41) is 1.18. The molecule has 2 aromatic heterocycles. The Labute approximate surface area is 189 Å². The van der Waals surface area contributed by atoms with Crippen molar-refractivity contribution in [3.63, 3.8) is 0 Å². The van der Waals surface area contributed by atoms with E-state index in [1.54, 1.807) is 14.1 Å². The molecule has 0 atom stereocenters. The molecule has 1 aliphatic heterocycles. The van der Waals surface area contributed by atoms with E-state index in [0.717, 1.165) is 49.5 Å². The maximum absolute atomic E-state index is 12.2. The van der Waals surface area contributed by atoms with Gasteiger partial charge in [0.15, 0.2) is 0 Å². The van der Waals surface area contributed by atoms with E-state index in [1.807, 2.05) is 32.3 Å². The van der Waals surface area contributed by atoms with Crippen LogP contribution >= 0.6 is 0 Å². The number of anilines is 2. The van der Waals surface area contributed by atoms with Gasteiger partial charge in [0.25, 0.3) is 5.91 Å². The van der Waals surface area contributed by atoms with Crippen LogP contribution in [0.1, 0.15) is 40.4 Å². The number of likely N-dealkylation sites (tertiary alicyclic amines) is 1. The Bertz CT molecular complexity index is 1120. The van der Waals surface area contributed by atoms with Crippen LogP contribution in [0.3, 0.4) is 0 Å². The summed E-state index contributed by atoms with van der Waals surface area (Å²) < 4.78 is 0. The molecule has 2 N–H and O–H groups in total. The Hall–Kier alpha value is -3.19. The number of nitrogens with zero attached hydrogens (tertiary/aromatic N) is 5. The number of piperidine rings is 1. The second-order valence-corrected chi connectivity index (χ2v) is 8.98. The number of para-hydroxylation sites is 1. The number of aromatic nitrogens is 2. The summed E-state index contributed by atoms with van der Waals surface area (Å²) in [4.78, 5) is 27.8. The number of fused-ring (bicyclic) bond motifs is 1. The smallest absolute Gasteiger partial charge is 0.257 e. The molecular weight excluding hydrogens is 400 g/mol. The quantitative estimate of drug-likeness (QED) is 0.666. The first-order valence-corrected chi connectivity index (χ1v) is 11.1. The summed E-state index contributed by atoms with van der Waals surface area (Å²) in [5.41, 5.74) is 9.84. The van der Waals surface area contributed by atoms with Crippen molar-refractivity contribution in [3.05, 3.63) is 59.3 Å². The molecule has 0 bridgehead atoms. The minimum absolute atomic E-state index is 0.114. The van der Waals surface area contributed by atoms with Gasteiger partial charge >= 0.3 is 0 Å². The minimum atomic E-state index is -0.114. The van der Waals surface area contributed by atoms with Crippen molar-refractivity contribution in [1.82, 2.24) is 19.8 Å². The number of carbonyl (C=O) groups excluding carboxylic acids is 1. The lowest BCUT2D eigenvalue weighted by atomic mass is 9.92. The first kappa shape index (κ1) is 22.0. The van der Waals surface area contributed by atoms with Crippen LogP contribution in [0.4, 0.5) is 11.6 Å². The minimum Gasteiger partial charge on any atom is -0.383 e. The van der Waals surface area contributed by atoms with Crippen molar-refractivity contribution in [3.8, 4) is 0 Å². The lowest BCUT2D eigenvalue weighted by Crippen LogP contribution is -2.33. The molecule has 0 unspecified atom stereocenters. The standard InChI is InChI=1S/C25H32N6O/c1-29(2)24-19(15-18-7-5-6-8-21(18)28-24)16-31-13-11-17(12-14-31)22-10-9-20(23(26)27-22)25(32)30(3)4/h5-10,15,17H,11-14,16H2,1-4H3,(H2,26,27). The Kier molecular flexibility index (Phi) is 6.28. The first-order valence-electron chi connectivity index (χ1n) is 11.1. The van der Waals surface area contributed by atoms with Gasteiger partial charge in [0.2, 0.25) is 0 Å². The third kappa shape index (κ3) is 4.53. The number of rotatable bonds is 5. The van der Waals surface area contributed by atoms with Crippen LogP contribution in [0.15, 0.2) is 42.5 Å². The summed E-state index contributed by atoms with van der Waals surface area (Å²) in [7, 11) is 7.54. The summed E-state index contributed by atoms with van der Waals surface area (Å²) in [5.74, 6) is 1.60. The van der Waals surface area contributed by atoms with E-state index in [1.165, 1.54) is 15.8 Å². The predicted octanol–water partition coefficient (Wildman–Crippen LogP) is 3.36. The summed E-state index contributed by atoms with van der Waals surface area (Å²) in [6, 6.07) is 14.3. The lowest BCUT2D eigenvalue weighted by Gasteiger charge is -2.32.